The van der Waals surface area contributed by atoms with Crippen LogP contribution in [0.3, 0.4) is 0 Å². The maximum atomic E-state index is 13.0. The van der Waals surface area contributed by atoms with Gasteiger partial charge in [0.1, 0.15) is 17.0 Å². The molecule has 2 aromatic rings. The van der Waals surface area contributed by atoms with Crippen LogP contribution in [0.15, 0.2) is 40.8 Å². The van der Waals surface area contributed by atoms with E-state index in [2.05, 4.69) is 25.9 Å². The quantitative estimate of drug-likeness (QED) is 0.771. The number of aliphatic hydroxyl groups excluding tert-OH is 1. The molecule has 0 radical (unpaired) electrons. The van der Waals surface area contributed by atoms with Gasteiger partial charge in [0, 0.05) is 18.0 Å². The van der Waals surface area contributed by atoms with E-state index in [4.69, 9.17) is 4.74 Å². The molecule has 0 bridgehead atoms. The van der Waals surface area contributed by atoms with Crippen molar-refractivity contribution >= 4 is 27.3 Å². The number of halogens is 1. The van der Waals surface area contributed by atoms with Crippen molar-refractivity contribution < 1.29 is 14.6 Å². The van der Waals surface area contributed by atoms with Gasteiger partial charge in [-0.2, -0.15) is 0 Å². The number of ketones is 1. The molecule has 0 atom stereocenters. The molecule has 1 aliphatic heterocycles. The SMILES string of the molecule is Cc1ccc(-c2ncc(Br)cn2)cc1C1=C(O)C(C)(C)OC(C)(C)C1=O. The third kappa shape index (κ3) is 3.19. The number of hydrogen-bond donors (Lipinski definition) is 1. The zero-order valence-electron chi connectivity index (χ0n) is 15.4. The van der Waals surface area contributed by atoms with Gasteiger partial charge < -0.3 is 9.84 Å². The maximum Gasteiger partial charge on any atom is 0.198 e. The largest absolute Gasteiger partial charge is 0.508 e. The normalized spacial score (nSPS) is 18.9. The lowest BCUT2D eigenvalue weighted by Crippen LogP contribution is -2.49. The lowest BCUT2D eigenvalue weighted by molar-refractivity contribution is -0.158. The molecular weight excluding hydrogens is 396 g/mol. The highest BCUT2D eigenvalue weighted by Crippen LogP contribution is 2.41. The van der Waals surface area contributed by atoms with E-state index in [-0.39, 0.29) is 11.5 Å². The average Bonchev–Trinajstić information content (AvgIpc) is 2.55. The van der Waals surface area contributed by atoms with E-state index >= 15 is 0 Å². The third-order valence-corrected chi connectivity index (χ3v) is 4.89. The van der Waals surface area contributed by atoms with Crippen molar-refractivity contribution in [3.05, 3.63) is 52.0 Å². The van der Waals surface area contributed by atoms with E-state index in [1.807, 2.05) is 25.1 Å². The Balaban J connectivity index is 2.21. The highest BCUT2D eigenvalue weighted by molar-refractivity contribution is 9.10. The lowest BCUT2D eigenvalue weighted by atomic mass is 9.81. The van der Waals surface area contributed by atoms with Gasteiger partial charge in [-0.15, -0.1) is 0 Å². The number of benzene rings is 1. The Morgan fingerprint density at radius 1 is 1.08 bits per heavy atom. The van der Waals surface area contributed by atoms with Crippen LogP contribution in [-0.4, -0.2) is 32.1 Å². The van der Waals surface area contributed by atoms with Crippen molar-refractivity contribution in [3.8, 4) is 11.4 Å². The minimum atomic E-state index is -1.03. The summed E-state index contributed by atoms with van der Waals surface area (Å²) < 4.78 is 6.61. The summed E-state index contributed by atoms with van der Waals surface area (Å²) in [6, 6.07) is 5.65. The van der Waals surface area contributed by atoms with Crippen molar-refractivity contribution in [3.63, 3.8) is 0 Å². The second-order valence-electron chi connectivity index (χ2n) is 7.43. The molecule has 5 nitrogen and oxygen atoms in total. The van der Waals surface area contributed by atoms with Crippen LogP contribution in [0, 0.1) is 6.92 Å². The van der Waals surface area contributed by atoms with Gasteiger partial charge in [0.25, 0.3) is 0 Å². The van der Waals surface area contributed by atoms with Gasteiger partial charge in [-0.1, -0.05) is 12.1 Å². The first-order valence-electron chi connectivity index (χ1n) is 8.30. The van der Waals surface area contributed by atoms with Gasteiger partial charge in [0.2, 0.25) is 0 Å². The molecule has 1 aromatic heterocycles. The fourth-order valence-electron chi connectivity index (χ4n) is 3.18. The zero-order chi connectivity index (χ0) is 19.3. The number of aliphatic hydroxyl groups is 1. The zero-order valence-corrected chi connectivity index (χ0v) is 17.0. The summed E-state index contributed by atoms with van der Waals surface area (Å²) >= 11 is 3.32. The first-order chi connectivity index (χ1) is 12.0. The molecule has 3 rings (SSSR count). The molecule has 0 amide bonds. The molecule has 0 saturated carbocycles. The Bertz CT molecular complexity index is 915. The topological polar surface area (TPSA) is 72.3 Å². The Morgan fingerprint density at radius 2 is 1.69 bits per heavy atom. The number of hydrogen-bond acceptors (Lipinski definition) is 5. The van der Waals surface area contributed by atoms with Crippen molar-refractivity contribution in [2.75, 3.05) is 0 Å². The summed E-state index contributed by atoms with van der Waals surface area (Å²) in [5, 5.41) is 10.8. The standard InChI is InChI=1S/C20H21BrN2O3/c1-11-6-7-12(18-22-9-13(21)10-23-18)8-14(11)15-16(24)19(2,3)26-20(4,5)17(15)25/h6-10,24H,1-5H3. The highest BCUT2D eigenvalue weighted by atomic mass is 79.9. The molecule has 26 heavy (non-hydrogen) atoms. The number of nitrogens with zero attached hydrogens (tertiary/aromatic N) is 2. The van der Waals surface area contributed by atoms with Crippen molar-refractivity contribution in [1.82, 2.24) is 9.97 Å². The molecule has 6 heteroatoms. The molecular formula is C20H21BrN2O3. The van der Waals surface area contributed by atoms with Gasteiger partial charge in [0.05, 0.1) is 10.0 Å². The van der Waals surface area contributed by atoms with Gasteiger partial charge in [-0.3, -0.25) is 4.79 Å². The summed E-state index contributed by atoms with van der Waals surface area (Å²) in [6.07, 6.45) is 3.34. The second kappa shape index (κ2) is 6.28. The smallest absolute Gasteiger partial charge is 0.198 e. The number of aromatic nitrogens is 2. The molecule has 136 valence electrons. The first-order valence-corrected chi connectivity index (χ1v) is 9.10. The van der Waals surface area contributed by atoms with E-state index < -0.39 is 11.2 Å². The van der Waals surface area contributed by atoms with E-state index in [0.29, 0.717) is 17.0 Å². The fourth-order valence-corrected chi connectivity index (χ4v) is 3.39. The molecule has 0 saturated heterocycles. The molecule has 2 heterocycles. The number of ether oxygens (including phenoxy) is 1. The van der Waals surface area contributed by atoms with E-state index in [1.54, 1.807) is 40.1 Å². The highest BCUT2D eigenvalue weighted by Gasteiger charge is 2.47. The van der Waals surface area contributed by atoms with Crippen LogP contribution in [0.25, 0.3) is 17.0 Å². The monoisotopic (exact) mass is 416 g/mol. The summed E-state index contributed by atoms with van der Waals surface area (Å²) in [4.78, 5) is 21.6. The molecule has 1 aliphatic rings. The van der Waals surface area contributed by atoms with Gasteiger partial charge in [0.15, 0.2) is 11.6 Å². The predicted molar refractivity (Wildman–Crippen MR) is 104 cm³/mol. The molecule has 0 spiro atoms. The van der Waals surface area contributed by atoms with Crippen LogP contribution < -0.4 is 0 Å². The van der Waals surface area contributed by atoms with E-state index in [9.17, 15) is 9.90 Å². The van der Waals surface area contributed by atoms with Crippen LogP contribution in [0.5, 0.6) is 0 Å². The van der Waals surface area contributed by atoms with Crippen molar-refractivity contribution in [2.45, 2.75) is 45.8 Å². The Kier molecular flexibility index (Phi) is 4.53. The number of aryl methyl sites for hydroxylation is 1. The summed E-state index contributed by atoms with van der Waals surface area (Å²) in [5.41, 5.74) is 0.636. The Hall–Kier alpha value is -2.05. The van der Waals surface area contributed by atoms with E-state index in [1.165, 1.54) is 0 Å². The van der Waals surface area contributed by atoms with Crippen molar-refractivity contribution in [1.29, 1.82) is 0 Å². The van der Waals surface area contributed by atoms with Gasteiger partial charge >= 0.3 is 0 Å². The third-order valence-electron chi connectivity index (χ3n) is 4.48. The molecule has 1 N–H and O–H groups in total. The number of rotatable bonds is 2. The molecule has 0 aliphatic carbocycles. The fraction of sp³-hybridized carbons (Fsp3) is 0.350. The Morgan fingerprint density at radius 3 is 2.31 bits per heavy atom. The summed E-state index contributed by atoms with van der Waals surface area (Å²) in [6.45, 7) is 8.87. The van der Waals surface area contributed by atoms with Crippen molar-refractivity contribution in [2.24, 2.45) is 0 Å². The van der Waals surface area contributed by atoms with E-state index in [0.717, 1.165) is 15.6 Å². The first kappa shape index (κ1) is 18.7. The predicted octanol–water partition coefficient (Wildman–Crippen LogP) is 4.64. The van der Waals surface area contributed by atoms with Crippen LogP contribution in [-0.2, 0) is 9.53 Å². The molecule has 0 fully saturated rings. The molecule has 1 aromatic carbocycles. The summed E-state index contributed by atoms with van der Waals surface area (Å²) in [5.74, 6) is 0.248. The van der Waals surface area contributed by atoms with Crippen LogP contribution in [0.2, 0.25) is 0 Å². The Labute approximate surface area is 161 Å². The molecule has 0 unspecified atom stereocenters. The van der Waals surface area contributed by atoms with Gasteiger partial charge in [-0.05, 0) is 67.7 Å². The average molecular weight is 417 g/mol. The minimum absolute atomic E-state index is 0.0567. The van der Waals surface area contributed by atoms with Gasteiger partial charge in [-0.25, -0.2) is 9.97 Å². The summed E-state index contributed by atoms with van der Waals surface area (Å²) in [7, 11) is 0. The van der Waals surface area contributed by atoms with Crippen LogP contribution in [0.4, 0.5) is 0 Å². The second-order valence-corrected chi connectivity index (χ2v) is 8.35. The number of carbonyl (C=O) groups excluding carboxylic acids is 1. The number of carbonyl (C=O) groups is 1. The minimum Gasteiger partial charge on any atom is -0.508 e. The maximum absolute atomic E-state index is 13.0. The van der Waals surface area contributed by atoms with Crippen LogP contribution >= 0.6 is 15.9 Å². The number of Topliss-reactive ketones (excluding diaryl/α,β-unsaturated/α-hetero) is 1. The lowest BCUT2D eigenvalue weighted by Gasteiger charge is -2.40. The van der Waals surface area contributed by atoms with Crippen LogP contribution in [0.1, 0.15) is 38.8 Å².